The molecule has 2 heterocycles. The highest BCUT2D eigenvalue weighted by molar-refractivity contribution is 7.99. The van der Waals surface area contributed by atoms with Crippen LogP contribution in [0, 0.1) is 0 Å². The molecule has 0 aliphatic carbocycles. The second-order valence-corrected chi connectivity index (χ2v) is 8.12. The van der Waals surface area contributed by atoms with Gasteiger partial charge in [-0.15, -0.1) is 16.4 Å². The number of nitrogens with one attached hydrogen (secondary N) is 2. The number of thiazole rings is 1. The Bertz CT molecular complexity index is 975. The fourth-order valence-electron chi connectivity index (χ4n) is 2.56. The summed E-state index contributed by atoms with van der Waals surface area (Å²) in [5.74, 6) is 0.282. The molecule has 0 radical (unpaired) electrons. The Morgan fingerprint density at radius 3 is 2.74 bits per heavy atom. The summed E-state index contributed by atoms with van der Waals surface area (Å²) >= 11 is 2.71. The van der Waals surface area contributed by atoms with E-state index in [2.05, 4.69) is 34.3 Å². The van der Waals surface area contributed by atoms with Crippen molar-refractivity contribution in [3.63, 3.8) is 0 Å². The largest absolute Gasteiger partial charge is 0.343 e. The van der Waals surface area contributed by atoms with Gasteiger partial charge in [0.15, 0.2) is 10.3 Å². The molecular weight excluding hydrogens is 382 g/mol. The van der Waals surface area contributed by atoms with Crippen LogP contribution in [0.15, 0.2) is 40.3 Å². The summed E-state index contributed by atoms with van der Waals surface area (Å²) in [6.07, 6.45) is 0. The van der Waals surface area contributed by atoms with Crippen LogP contribution in [0.1, 0.15) is 31.6 Å². The molecule has 0 atom stereocenters. The van der Waals surface area contributed by atoms with Crippen molar-refractivity contribution in [1.29, 1.82) is 0 Å². The Kier molecular flexibility index (Phi) is 6.12. The van der Waals surface area contributed by atoms with Gasteiger partial charge >= 0.3 is 5.69 Å². The zero-order valence-electron chi connectivity index (χ0n) is 15.4. The predicted octanol–water partition coefficient (Wildman–Crippen LogP) is 3.57. The molecule has 0 aliphatic rings. The van der Waals surface area contributed by atoms with Crippen molar-refractivity contribution < 1.29 is 4.79 Å². The van der Waals surface area contributed by atoms with E-state index in [9.17, 15) is 9.59 Å². The highest BCUT2D eigenvalue weighted by Gasteiger charge is 2.17. The number of benzene rings is 1. The van der Waals surface area contributed by atoms with Gasteiger partial charge in [0.2, 0.25) is 5.91 Å². The summed E-state index contributed by atoms with van der Waals surface area (Å²) in [5.41, 5.74) is 1.68. The van der Waals surface area contributed by atoms with Gasteiger partial charge in [-0.05, 0) is 12.8 Å². The maximum Gasteiger partial charge on any atom is 0.343 e. The first-order chi connectivity index (χ1) is 13.0. The normalized spacial score (nSPS) is 11.1. The van der Waals surface area contributed by atoms with Crippen molar-refractivity contribution >= 4 is 34.1 Å². The fourth-order valence-corrected chi connectivity index (χ4v) is 4.37. The molecule has 3 aromatic rings. The predicted molar refractivity (Wildman–Crippen MR) is 110 cm³/mol. The van der Waals surface area contributed by atoms with Gasteiger partial charge in [0, 0.05) is 17.0 Å². The van der Waals surface area contributed by atoms with Gasteiger partial charge in [0.05, 0.1) is 11.4 Å². The third-order valence-electron chi connectivity index (χ3n) is 3.84. The molecule has 2 N–H and O–H groups in total. The Morgan fingerprint density at radius 1 is 1.33 bits per heavy atom. The lowest BCUT2D eigenvalue weighted by atomic mass is 10.1. The average Bonchev–Trinajstić information content (AvgIpc) is 3.24. The van der Waals surface area contributed by atoms with E-state index in [1.165, 1.54) is 27.7 Å². The van der Waals surface area contributed by atoms with Crippen molar-refractivity contribution in [2.45, 2.75) is 38.4 Å². The summed E-state index contributed by atoms with van der Waals surface area (Å²) in [4.78, 5) is 29.7. The molecule has 0 fully saturated rings. The van der Waals surface area contributed by atoms with E-state index in [1.807, 2.05) is 37.3 Å². The van der Waals surface area contributed by atoms with Gasteiger partial charge < -0.3 is 5.32 Å². The van der Waals surface area contributed by atoms with E-state index in [4.69, 9.17) is 0 Å². The second-order valence-electron chi connectivity index (χ2n) is 6.15. The molecule has 0 saturated carbocycles. The molecule has 142 valence electrons. The van der Waals surface area contributed by atoms with Gasteiger partial charge in [-0.1, -0.05) is 55.9 Å². The summed E-state index contributed by atoms with van der Waals surface area (Å²) in [5, 5.41) is 10.3. The molecule has 1 amide bonds. The van der Waals surface area contributed by atoms with E-state index < -0.39 is 0 Å². The van der Waals surface area contributed by atoms with E-state index in [1.54, 1.807) is 0 Å². The summed E-state index contributed by atoms with van der Waals surface area (Å²) in [6.45, 7) is 6.59. The van der Waals surface area contributed by atoms with Crippen LogP contribution in [0.25, 0.3) is 11.3 Å². The third-order valence-corrected chi connectivity index (χ3v) is 6.09. The molecular formula is C18H21N5O2S2. The van der Waals surface area contributed by atoms with Gasteiger partial charge in [0.25, 0.3) is 0 Å². The summed E-state index contributed by atoms with van der Waals surface area (Å²) in [6, 6.07) is 9.96. The minimum atomic E-state index is -0.269. The van der Waals surface area contributed by atoms with Crippen LogP contribution in [-0.2, 0) is 11.3 Å². The first-order valence-electron chi connectivity index (χ1n) is 8.63. The van der Waals surface area contributed by atoms with Crippen LogP contribution in [0.3, 0.4) is 0 Å². The standard InChI is InChI=1S/C18H21N5O2S2/c1-4-23-17(25)21-22-18(23)26-10-13(24)19-16-20-14(15(27-16)11(2)3)12-8-6-5-7-9-12/h5-9,11H,4,10H2,1-3H3,(H,21,25)(H,19,20,24). The lowest BCUT2D eigenvalue weighted by Gasteiger charge is -2.04. The zero-order valence-corrected chi connectivity index (χ0v) is 17.0. The van der Waals surface area contributed by atoms with Crippen LogP contribution >= 0.6 is 23.1 Å². The van der Waals surface area contributed by atoms with E-state index in [0.717, 1.165) is 16.1 Å². The number of anilines is 1. The summed E-state index contributed by atoms with van der Waals surface area (Å²) in [7, 11) is 0. The molecule has 2 aromatic heterocycles. The SMILES string of the molecule is CCn1c(SCC(=O)Nc2nc(-c3ccccc3)c(C(C)C)s2)n[nH]c1=O. The second kappa shape index (κ2) is 8.53. The first kappa shape index (κ1) is 19.4. The number of carbonyl (C=O) groups excluding carboxylic acids is 1. The van der Waals surface area contributed by atoms with Crippen molar-refractivity contribution in [2.75, 3.05) is 11.1 Å². The molecule has 7 nitrogen and oxygen atoms in total. The number of hydrogen-bond donors (Lipinski definition) is 2. The van der Waals surface area contributed by atoms with E-state index in [0.29, 0.717) is 22.8 Å². The maximum atomic E-state index is 12.3. The van der Waals surface area contributed by atoms with Crippen LogP contribution in [0.5, 0.6) is 0 Å². The van der Waals surface area contributed by atoms with Crippen LogP contribution in [0.4, 0.5) is 5.13 Å². The first-order valence-corrected chi connectivity index (χ1v) is 10.4. The molecule has 27 heavy (non-hydrogen) atoms. The van der Waals surface area contributed by atoms with Gasteiger partial charge in [-0.25, -0.2) is 14.9 Å². The van der Waals surface area contributed by atoms with Crippen molar-refractivity contribution in [3.8, 4) is 11.3 Å². The molecule has 0 bridgehead atoms. The van der Waals surface area contributed by atoms with Crippen LogP contribution in [-0.4, -0.2) is 31.4 Å². The quantitative estimate of drug-likeness (QED) is 0.588. The van der Waals surface area contributed by atoms with Crippen LogP contribution in [0.2, 0.25) is 0 Å². The Hall–Kier alpha value is -2.39. The highest BCUT2D eigenvalue weighted by atomic mass is 32.2. The molecule has 0 saturated heterocycles. The minimum absolute atomic E-state index is 0.154. The number of amides is 1. The number of aromatic nitrogens is 4. The van der Waals surface area contributed by atoms with E-state index >= 15 is 0 Å². The minimum Gasteiger partial charge on any atom is -0.301 e. The number of carbonyl (C=O) groups is 1. The topological polar surface area (TPSA) is 92.7 Å². The Labute approximate surface area is 165 Å². The Morgan fingerprint density at radius 2 is 2.07 bits per heavy atom. The lowest BCUT2D eigenvalue weighted by molar-refractivity contribution is -0.113. The van der Waals surface area contributed by atoms with Gasteiger partial charge in [-0.2, -0.15) is 0 Å². The number of aromatic amines is 1. The number of H-pyrrole nitrogens is 1. The third kappa shape index (κ3) is 4.48. The van der Waals surface area contributed by atoms with Crippen molar-refractivity contribution in [1.82, 2.24) is 19.7 Å². The van der Waals surface area contributed by atoms with Crippen molar-refractivity contribution in [2.24, 2.45) is 0 Å². The lowest BCUT2D eigenvalue weighted by Crippen LogP contribution is -2.17. The zero-order chi connectivity index (χ0) is 19.4. The fraction of sp³-hybridized carbons (Fsp3) is 0.333. The Balaban J connectivity index is 1.72. The molecule has 0 spiro atoms. The molecule has 0 aliphatic heterocycles. The maximum absolute atomic E-state index is 12.3. The molecule has 1 aromatic carbocycles. The molecule has 0 unspecified atom stereocenters. The van der Waals surface area contributed by atoms with Crippen LogP contribution < -0.4 is 11.0 Å². The van der Waals surface area contributed by atoms with Gasteiger partial charge in [-0.3, -0.25) is 9.36 Å². The number of hydrogen-bond acceptors (Lipinski definition) is 6. The molecule has 3 rings (SSSR count). The van der Waals surface area contributed by atoms with Crippen molar-refractivity contribution in [3.05, 3.63) is 45.7 Å². The number of thioether (sulfide) groups is 1. The van der Waals surface area contributed by atoms with E-state index in [-0.39, 0.29) is 17.3 Å². The average molecular weight is 404 g/mol. The monoisotopic (exact) mass is 403 g/mol. The number of rotatable bonds is 7. The molecule has 9 heteroatoms. The smallest absolute Gasteiger partial charge is 0.301 e. The summed E-state index contributed by atoms with van der Waals surface area (Å²) < 4.78 is 1.49. The van der Waals surface area contributed by atoms with Gasteiger partial charge in [0.1, 0.15) is 0 Å². The highest BCUT2D eigenvalue weighted by Crippen LogP contribution is 2.36. The number of nitrogens with zero attached hydrogens (tertiary/aromatic N) is 3.